The Kier molecular flexibility index (Phi) is 11.0. The summed E-state index contributed by atoms with van der Waals surface area (Å²) >= 11 is 0. The molecule has 0 aromatic heterocycles. The minimum Gasteiger partial charge on any atom is -0.497 e. The highest BCUT2D eigenvalue weighted by Crippen LogP contribution is 2.23. The van der Waals surface area contributed by atoms with Gasteiger partial charge in [-0.15, -0.1) is 0 Å². The SMILES string of the molecule is CCC(C)[C@@H]1NC(=O)[C@@H](Cc2ccc(OC)cc2)NC(=O)[C@H](CCCCCC(=O)C2CO2)NC(=O)[C@@H]2CCCN2C1=O. The molecule has 6 atom stereocenters. The first kappa shape index (κ1) is 31.5. The van der Waals surface area contributed by atoms with Gasteiger partial charge in [-0.05, 0) is 49.3 Å². The van der Waals surface area contributed by atoms with Crippen LogP contribution in [0.3, 0.4) is 0 Å². The van der Waals surface area contributed by atoms with Crippen molar-refractivity contribution >= 4 is 29.4 Å². The van der Waals surface area contributed by atoms with Crippen LogP contribution in [0.25, 0.3) is 0 Å². The van der Waals surface area contributed by atoms with Gasteiger partial charge in [-0.25, -0.2) is 0 Å². The number of methoxy groups -OCH3 is 1. The number of hydrogen-bond acceptors (Lipinski definition) is 7. The number of nitrogens with zero attached hydrogens (tertiary/aromatic N) is 1. The van der Waals surface area contributed by atoms with E-state index in [4.69, 9.17) is 9.47 Å². The third-order valence-corrected chi connectivity index (χ3v) is 8.59. The number of amides is 4. The third-order valence-electron chi connectivity index (χ3n) is 8.59. The Bertz CT molecular complexity index is 1140. The average molecular weight is 585 g/mol. The molecule has 230 valence electrons. The van der Waals surface area contributed by atoms with E-state index in [0.29, 0.717) is 70.3 Å². The summed E-state index contributed by atoms with van der Waals surface area (Å²) in [6.45, 7) is 4.77. The van der Waals surface area contributed by atoms with Crippen molar-refractivity contribution in [2.24, 2.45) is 5.92 Å². The number of Topliss-reactive ketones (excluding diaryl/α,β-unsaturated/α-hetero) is 1. The smallest absolute Gasteiger partial charge is 0.246 e. The van der Waals surface area contributed by atoms with Crippen molar-refractivity contribution in [1.82, 2.24) is 20.9 Å². The summed E-state index contributed by atoms with van der Waals surface area (Å²) in [6.07, 6.45) is 4.51. The summed E-state index contributed by atoms with van der Waals surface area (Å²) in [4.78, 5) is 68.1. The molecule has 3 aliphatic rings. The Labute approximate surface area is 247 Å². The average Bonchev–Trinajstić information content (AvgIpc) is 3.73. The van der Waals surface area contributed by atoms with Gasteiger partial charge in [-0.1, -0.05) is 45.2 Å². The van der Waals surface area contributed by atoms with Gasteiger partial charge in [0.1, 0.15) is 36.0 Å². The van der Waals surface area contributed by atoms with Gasteiger partial charge in [0, 0.05) is 19.4 Å². The summed E-state index contributed by atoms with van der Waals surface area (Å²) in [5.41, 5.74) is 0.805. The van der Waals surface area contributed by atoms with Crippen LogP contribution in [0.5, 0.6) is 5.75 Å². The van der Waals surface area contributed by atoms with E-state index in [1.807, 2.05) is 26.0 Å². The van der Waals surface area contributed by atoms with Crippen LogP contribution < -0.4 is 20.7 Å². The highest BCUT2D eigenvalue weighted by atomic mass is 16.6. The van der Waals surface area contributed by atoms with Gasteiger partial charge in [0.2, 0.25) is 23.6 Å². The van der Waals surface area contributed by atoms with Crippen molar-refractivity contribution in [1.29, 1.82) is 0 Å². The van der Waals surface area contributed by atoms with Crippen molar-refractivity contribution in [3.63, 3.8) is 0 Å². The van der Waals surface area contributed by atoms with Gasteiger partial charge in [0.05, 0.1) is 13.7 Å². The van der Waals surface area contributed by atoms with E-state index in [0.717, 1.165) is 5.56 Å². The summed E-state index contributed by atoms with van der Waals surface area (Å²) in [5, 5.41) is 8.70. The molecular weight excluding hydrogens is 540 g/mol. The van der Waals surface area contributed by atoms with Gasteiger partial charge in [-0.3, -0.25) is 24.0 Å². The summed E-state index contributed by atoms with van der Waals surface area (Å²) < 4.78 is 10.3. The zero-order valence-electron chi connectivity index (χ0n) is 24.9. The van der Waals surface area contributed by atoms with E-state index in [1.165, 1.54) is 0 Å². The normalized spacial score (nSPS) is 27.1. The summed E-state index contributed by atoms with van der Waals surface area (Å²) in [6, 6.07) is 3.87. The second kappa shape index (κ2) is 14.6. The molecule has 3 aliphatic heterocycles. The van der Waals surface area contributed by atoms with Gasteiger partial charge in [-0.2, -0.15) is 0 Å². The number of ketones is 1. The standard InChI is InChI=1S/C31H44N4O7/c1-4-19(2)27-31(40)35-16-8-10-24(35)30(39)32-22(9-6-5-7-11-25(36)26-18-42-26)28(37)33-23(29(38)34-27)17-20-12-14-21(41-3)15-13-20/h12-15,19,22-24,26-27H,4-11,16-18H2,1-3H3,(H,32,39)(H,33,37)(H,34,38)/t19?,22-,23+,24-,26?,27-/m0/s1. The van der Waals surface area contributed by atoms with E-state index < -0.39 is 36.0 Å². The number of ether oxygens (including phenoxy) is 2. The molecule has 4 amide bonds. The van der Waals surface area contributed by atoms with Crippen LogP contribution in [0, 0.1) is 5.92 Å². The molecule has 3 fully saturated rings. The fourth-order valence-corrected chi connectivity index (χ4v) is 5.65. The Balaban J connectivity index is 1.54. The van der Waals surface area contributed by atoms with Crippen molar-refractivity contribution in [3.8, 4) is 5.75 Å². The fourth-order valence-electron chi connectivity index (χ4n) is 5.65. The Hall–Kier alpha value is -3.47. The zero-order chi connectivity index (χ0) is 30.2. The lowest BCUT2D eigenvalue weighted by atomic mass is 9.95. The Morgan fingerprint density at radius 2 is 1.69 bits per heavy atom. The highest BCUT2D eigenvalue weighted by Gasteiger charge is 2.41. The second-order valence-electron chi connectivity index (χ2n) is 11.6. The third kappa shape index (κ3) is 8.08. The molecule has 2 unspecified atom stereocenters. The molecule has 4 rings (SSSR count). The first-order valence-electron chi connectivity index (χ1n) is 15.2. The molecule has 0 bridgehead atoms. The van der Waals surface area contributed by atoms with Crippen LogP contribution >= 0.6 is 0 Å². The topological polar surface area (TPSA) is 146 Å². The Morgan fingerprint density at radius 1 is 1.00 bits per heavy atom. The van der Waals surface area contributed by atoms with Gasteiger partial charge in [0.15, 0.2) is 5.78 Å². The lowest BCUT2D eigenvalue weighted by molar-refractivity contribution is -0.144. The predicted molar refractivity (Wildman–Crippen MR) is 155 cm³/mol. The number of unbranched alkanes of at least 4 members (excludes halogenated alkanes) is 2. The molecule has 0 spiro atoms. The fraction of sp³-hybridized carbons (Fsp3) is 0.645. The number of fused-ring (bicyclic) bond motifs is 1. The van der Waals surface area contributed by atoms with Crippen LogP contribution in [0.2, 0.25) is 0 Å². The molecule has 0 radical (unpaired) electrons. The monoisotopic (exact) mass is 584 g/mol. The zero-order valence-corrected chi connectivity index (χ0v) is 24.9. The van der Waals surface area contributed by atoms with E-state index in [1.54, 1.807) is 24.1 Å². The number of carbonyl (C=O) groups excluding carboxylic acids is 5. The quantitative estimate of drug-likeness (QED) is 0.250. The molecule has 3 N–H and O–H groups in total. The molecule has 11 heteroatoms. The van der Waals surface area contributed by atoms with E-state index in [-0.39, 0.29) is 36.0 Å². The molecule has 1 aromatic rings. The molecule has 11 nitrogen and oxygen atoms in total. The molecule has 42 heavy (non-hydrogen) atoms. The van der Waals surface area contributed by atoms with Gasteiger partial charge < -0.3 is 30.3 Å². The number of benzene rings is 1. The van der Waals surface area contributed by atoms with Crippen molar-refractivity contribution in [2.75, 3.05) is 20.3 Å². The number of rotatable bonds is 12. The molecule has 1 aromatic carbocycles. The minimum atomic E-state index is -0.963. The maximum absolute atomic E-state index is 13.8. The highest BCUT2D eigenvalue weighted by molar-refractivity contribution is 5.98. The molecule has 0 saturated carbocycles. The second-order valence-corrected chi connectivity index (χ2v) is 11.6. The van der Waals surface area contributed by atoms with Crippen molar-refractivity contribution in [2.45, 2.75) is 102 Å². The largest absolute Gasteiger partial charge is 0.497 e. The van der Waals surface area contributed by atoms with Crippen LogP contribution in [0.15, 0.2) is 24.3 Å². The van der Waals surface area contributed by atoms with E-state index >= 15 is 0 Å². The lowest BCUT2D eigenvalue weighted by Crippen LogP contribution is -2.62. The maximum atomic E-state index is 13.8. The van der Waals surface area contributed by atoms with Crippen LogP contribution in [0.1, 0.15) is 70.8 Å². The van der Waals surface area contributed by atoms with E-state index in [9.17, 15) is 24.0 Å². The molecule has 0 aliphatic carbocycles. The number of hydrogen-bond donors (Lipinski definition) is 3. The maximum Gasteiger partial charge on any atom is 0.246 e. The first-order valence-corrected chi connectivity index (χ1v) is 15.2. The molecule has 3 heterocycles. The number of carbonyl (C=O) groups is 5. The molecule has 3 saturated heterocycles. The minimum absolute atomic E-state index is 0.0983. The Morgan fingerprint density at radius 3 is 2.36 bits per heavy atom. The predicted octanol–water partition coefficient (Wildman–Crippen LogP) is 1.66. The summed E-state index contributed by atoms with van der Waals surface area (Å²) in [5.74, 6) is -0.924. The van der Waals surface area contributed by atoms with Gasteiger partial charge in [0.25, 0.3) is 0 Å². The number of epoxide rings is 1. The summed E-state index contributed by atoms with van der Waals surface area (Å²) in [7, 11) is 1.57. The van der Waals surface area contributed by atoms with Crippen LogP contribution in [0.4, 0.5) is 0 Å². The molecular formula is C31H44N4O7. The van der Waals surface area contributed by atoms with Crippen molar-refractivity contribution in [3.05, 3.63) is 29.8 Å². The van der Waals surface area contributed by atoms with Crippen LogP contribution in [-0.2, 0) is 35.1 Å². The lowest BCUT2D eigenvalue weighted by Gasteiger charge is -2.34. The van der Waals surface area contributed by atoms with Crippen LogP contribution in [-0.4, -0.2) is 84.8 Å². The van der Waals surface area contributed by atoms with E-state index in [2.05, 4.69) is 16.0 Å². The van der Waals surface area contributed by atoms with Gasteiger partial charge >= 0.3 is 0 Å². The first-order chi connectivity index (χ1) is 20.2. The number of nitrogens with one attached hydrogen (secondary N) is 3. The van der Waals surface area contributed by atoms with Crippen molar-refractivity contribution < 1.29 is 33.4 Å².